The van der Waals surface area contributed by atoms with Gasteiger partial charge in [0.15, 0.2) is 11.5 Å². The summed E-state index contributed by atoms with van der Waals surface area (Å²) in [5.74, 6) is 3.65. The van der Waals surface area contributed by atoms with Crippen LogP contribution in [0.3, 0.4) is 0 Å². The first-order valence-corrected chi connectivity index (χ1v) is 8.02. The van der Waals surface area contributed by atoms with Gasteiger partial charge >= 0.3 is 0 Å². The van der Waals surface area contributed by atoms with Crippen LogP contribution in [0.4, 0.5) is 0 Å². The number of carbonyl (C=O) groups excluding carboxylic acids is 1. The van der Waals surface area contributed by atoms with Gasteiger partial charge in [0.25, 0.3) is 5.91 Å². The maximum absolute atomic E-state index is 12.1. The molecule has 1 N–H and O–H groups in total. The summed E-state index contributed by atoms with van der Waals surface area (Å²) in [4.78, 5) is 12.1. The molecule has 1 fully saturated rings. The van der Waals surface area contributed by atoms with Gasteiger partial charge in [-0.1, -0.05) is 19.1 Å². The quantitative estimate of drug-likeness (QED) is 0.692. The number of hydrogen-bond acceptors (Lipinski definition) is 5. The topological polar surface area (TPSA) is 73.1 Å². The number of amides is 1. The third-order valence-corrected chi connectivity index (χ3v) is 4.29. The smallest absolute Gasteiger partial charge is 0.284 e. The van der Waals surface area contributed by atoms with Crippen LogP contribution in [0.5, 0.6) is 11.5 Å². The molecule has 0 spiro atoms. The van der Waals surface area contributed by atoms with E-state index < -0.39 is 6.10 Å². The fourth-order valence-electron chi connectivity index (χ4n) is 2.74. The molecule has 2 aromatic rings. The molecular weight excluding hydrogens is 308 g/mol. The summed E-state index contributed by atoms with van der Waals surface area (Å²) >= 11 is 0. The van der Waals surface area contributed by atoms with Crippen LogP contribution in [0.2, 0.25) is 0 Å². The van der Waals surface area contributed by atoms with E-state index in [4.69, 9.17) is 13.9 Å². The Morgan fingerprint density at radius 2 is 2.04 bits per heavy atom. The van der Waals surface area contributed by atoms with Gasteiger partial charge in [-0.25, -0.2) is 5.43 Å². The maximum Gasteiger partial charge on any atom is 0.284 e. The number of hydrogen-bond donors (Lipinski definition) is 1. The Morgan fingerprint density at radius 3 is 2.83 bits per heavy atom. The lowest BCUT2D eigenvalue weighted by Crippen LogP contribution is -2.42. The molecule has 2 heterocycles. The number of para-hydroxylation sites is 2. The molecule has 124 valence electrons. The Balaban J connectivity index is 1.33. The van der Waals surface area contributed by atoms with Crippen LogP contribution in [0.15, 0.2) is 45.9 Å². The van der Waals surface area contributed by atoms with Gasteiger partial charge in [-0.15, -0.1) is 0 Å². The van der Waals surface area contributed by atoms with Gasteiger partial charge in [0.1, 0.15) is 18.1 Å². The Hall–Kier alpha value is -2.76. The average molecular weight is 326 g/mol. The molecule has 24 heavy (non-hydrogen) atoms. The number of rotatable bonds is 4. The molecule has 0 saturated heterocycles. The summed E-state index contributed by atoms with van der Waals surface area (Å²) in [6, 6.07) is 11.1. The van der Waals surface area contributed by atoms with Crippen LogP contribution in [0.1, 0.15) is 30.8 Å². The van der Waals surface area contributed by atoms with E-state index in [0.717, 1.165) is 5.76 Å². The van der Waals surface area contributed by atoms with Crippen molar-refractivity contribution in [3.8, 4) is 11.5 Å². The second kappa shape index (κ2) is 6.03. The molecule has 1 aromatic carbocycles. The molecule has 3 atom stereocenters. The highest BCUT2D eigenvalue weighted by atomic mass is 16.6. The zero-order valence-corrected chi connectivity index (χ0v) is 13.3. The number of fused-ring (bicyclic) bond motifs is 1. The van der Waals surface area contributed by atoms with Gasteiger partial charge in [0, 0.05) is 5.92 Å². The monoisotopic (exact) mass is 326 g/mol. The fourth-order valence-corrected chi connectivity index (χ4v) is 2.74. The number of hydrazone groups is 1. The molecule has 1 aliphatic heterocycles. The van der Waals surface area contributed by atoms with E-state index in [1.807, 2.05) is 24.3 Å². The summed E-state index contributed by atoms with van der Waals surface area (Å²) in [6.45, 7) is 2.36. The molecule has 6 nitrogen and oxygen atoms in total. The van der Waals surface area contributed by atoms with Crippen molar-refractivity contribution in [2.75, 3.05) is 6.61 Å². The van der Waals surface area contributed by atoms with Crippen LogP contribution in [-0.2, 0) is 4.79 Å². The summed E-state index contributed by atoms with van der Waals surface area (Å²) in [5.41, 5.74) is 2.46. The molecule has 2 aliphatic rings. The minimum absolute atomic E-state index is 0.156. The Labute approximate surface area is 139 Å². The average Bonchev–Trinajstić information content (AvgIpc) is 3.15. The van der Waals surface area contributed by atoms with Crippen molar-refractivity contribution < 1.29 is 18.7 Å². The molecule has 6 heteroatoms. The normalized spacial score (nSPS) is 24.8. The Morgan fingerprint density at radius 1 is 1.25 bits per heavy atom. The lowest BCUT2D eigenvalue weighted by atomic mass is 10.2. The van der Waals surface area contributed by atoms with Crippen LogP contribution < -0.4 is 14.9 Å². The van der Waals surface area contributed by atoms with Crippen molar-refractivity contribution in [3.63, 3.8) is 0 Å². The zero-order valence-electron chi connectivity index (χ0n) is 13.3. The van der Waals surface area contributed by atoms with Crippen molar-refractivity contribution in [2.45, 2.75) is 25.4 Å². The molecule has 0 bridgehead atoms. The molecule has 0 radical (unpaired) electrons. The second-order valence-corrected chi connectivity index (χ2v) is 6.16. The third kappa shape index (κ3) is 2.99. The highest BCUT2D eigenvalue weighted by molar-refractivity contribution is 5.83. The van der Waals surface area contributed by atoms with Crippen molar-refractivity contribution in [2.24, 2.45) is 11.0 Å². The van der Waals surface area contributed by atoms with E-state index >= 15 is 0 Å². The van der Waals surface area contributed by atoms with Crippen LogP contribution >= 0.6 is 0 Å². The van der Waals surface area contributed by atoms with Crippen molar-refractivity contribution in [1.82, 2.24) is 5.43 Å². The molecule has 1 aromatic heterocycles. The predicted octanol–water partition coefficient (Wildman–Crippen LogP) is 2.69. The highest BCUT2D eigenvalue weighted by Gasteiger charge is 2.36. The predicted molar refractivity (Wildman–Crippen MR) is 87.3 cm³/mol. The molecular formula is C18H18N2O4. The summed E-state index contributed by atoms with van der Waals surface area (Å²) in [5, 5.41) is 3.93. The van der Waals surface area contributed by atoms with Gasteiger partial charge in [-0.2, -0.15) is 5.10 Å². The van der Waals surface area contributed by atoms with Crippen LogP contribution in [-0.4, -0.2) is 24.8 Å². The van der Waals surface area contributed by atoms with Crippen molar-refractivity contribution >= 4 is 12.1 Å². The number of carbonyl (C=O) groups is 1. The molecule has 1 saturated carbocycles. The van der Waals surface area contributed by atoms with Crippen LogP contribution in [0.25, 0.3) is 0 Å². The fraction of sp³-hybridized carbons (Fsp3) is 0.333. The van der Waals surface area contributed by atoms with Crippen LogP contribution in [0, 0.1) is 5.92 Å². The summed E-state index contributed by atoms with van der Waals surface area (Å²) < 4.78 is 16.8. The van der Waals surface area contributed by atoms with Gasteiger partial charge in [-0.05, 0) is 36.6 Å². The van der Waals surface area contributed by atoms with E-state index in [2.05, 4.69) is 17.5 Å². The number of nitrogens with zero attached hydrogens (tertiary/aromatic N) is 1. The van der Waals surface area contributed by atoms with Gasteiger partial charge in [-0.3, -0.25) is 4.79 Å². The third-order valence-electron chi connectivity index (χ3n) is 4.29. The van der Waals surface area contributed by atoms with Gasteiger partial charge < -0.3 is 13.9 Å². The van der Waals surface area contributed by atoms with Crippen molar-refractivity contribution in [1.29, 1.82) is 0 Å². The number of ether oxygens (including phenoxy) is 2. The first-order chi connectivity index (χ1) is 11.7. The van der Waals surface area contributed by atoms with E-state index in [9.17, 15) is 4.79 Å². The molecule has 1 aliphatic carbocycles. The highest BCUT2D eigenvalue weighted by Crippen LogP contribution is 2.47. The van der Waals surface area contributed by atoms with E-state index in [-0.39, 0.29) is 12.5 Å². The Kier molecular flexibility index (Phi) is 3.72. The van der Waals surface area contributed by atoms with E-state index in [1.165, 1.54) is 12.6 Å². The van der Waals surface area contributed by atoms with Gasteiger partial charge in [0.05, 0.1) is 6.21 Å². The summed E-state index contributed by atoms with van der Waals surface area (Å²) in [6.07, 6.45) is 1.93. The van der Waals surface area contributed by atoms with Gasteiger partial charge in [0.2, 0.25) is 6.10 Å². The maximum atomic E-state index is 12.1. The minimum atomic E-state index is -0.725. The largest absolute Gasteiger partial charge is 0.485 e. The first kappa shape index (κ1) is 14.8. The zero-order chi connectivity index (χ0) is 16.5. The van der Waals surface area contributed by atoms with E-state index in [1.54, 1.807) is 12.1 Å². The lowest BCUT2D eigenvalue weighted by Gasteiger charge is -2.24. The summed E-state index contributed by atoms with van der Waals surface area (Å²) in [7, 11) is 0. The first-order valence-electron chi connectivity index (χ1n) is 8.02. The number of nitrogens with one attached hydrogen (secondary N) is 1. The minimum Gasteiger partial charge on any atom is -0.485 e. The Bertz CT molecular complexity index is 783. The second-order valence-electron chi connectivity index (χ2n) is 6.16. The molecule has 0 unspecified atom stereocenters. The van der Waals surface area contributed by atoms with E-state index in [0.29, 0.717) is 29.1 Å². The lowest BCUT2D eigenvalue weighted by molar-refractivity contribution is -0.130. The molecule has 1 amide bonds. The standard InChI is InChI=1S/C18H18N2O4/c1-11-8-13(11)14-7-6-12(23-14)9-19-20-18(21)17-10-22-15-4-2-3-5-16(15)24-17/h2-7,9,11,13,17H,8,10H2,1H3,(H,20,21)/b19-9-/t11-,13+,17-/m0/s1. The molecule has 4 rings (SSSR count). The SMILES string of the molecule is C[C@H]1C[C@H]1c1ccc(/C=N\NC(=O)[C@@H]2COc3ccccc3O2)o1. The number of furan rings is 1. The van der Waals surface area contributed by atoms with Crippen molar-refractivity contribution in [3.05, 3.63) is 47.9 Å². The number of benzene rings is 1.